The van der Waals surface area contributed by atoms with E-state index in [1.165, 1.54) is 154 Å². The van der Waals surface area contributed by atoms with Crippen LogP contribution >= 0.6 is 7.37 Å². The van der Waals surface area contributed by atoms with Gasteiger partial charge in [0.05, 0.1) is 0 Å². The van der Waals surface area contributed by atoms with Crippen molar-refractivity contribution in [3.8, 4) is 0 Å². The van der Waals surface area contributed by atoms with Gasteiger partial charge in [-0.3, -0.25) is 0 Å². The Morgan fingerprint density at radius 2 is 0.514 bits per heavy atom. The molecule has 0 aliphatic rings. The van der Waals surface area contributed by atoms with E-state index >= 15 is 0 Å². The second-order valence-corrected chi connectivity index (χ2v) is 14.0. The van der Waals surface area contributed by atoms with Crippen molar-refractivity contribution in [2.75, 3.05) is 12.3 Å². The fraction of sp³-hybridized carbons (Fsp3) is 1.00. The Balaban J connectivity index is 3.28. The predicted molar refractivity (Wildman–Crippen MR) is 158 cm³/mol. The molecule has 0 aliphatic carbocycles. The summed E-state index contributed by atoms with van der Waals surface area (Å²) in [5, 5.41) is 0. The van der Waals surface area contributed by atoms with Gasteiger partial charge in [0.25, 0.3) is 0 Å². The van der Waals surface area contributed by atoms with Crippen molar-refractivity contribution in [3.63, 3.8) is 0 Å². The van der Waals surface area contributed by atoms with E-state index in [1.54, 1.807) is 0 Å². The van der Waals surface area contributed by atoms with Gasteiger partial charge >= 0.3 is 0 Å². The van der Waals surface area contributed by atoms with Crippen molar-refractivity contribution in [1.29, 1.82) is 0 Å². The van der Waals surface area contributed by atoms with Gasteiger partial charge < -0.3 is 9.46 Å². The Morgan fingerprint density at radius 1 is 0.343 bits per heavy atom. The lowest BCUT2D eigenvalue weighted by Gasteiger charge is -2.23. The van der Waals surface area contributed by atoms with E-state index in [2.05, 4.69) is 13.8 Å². The van der Waals surface area contributed by atoms with Crippen LogP contribution in [0, 0.1) is 0 Å². The second kappa shape index (κ2) is 28.8. The normalized spacial score (nSPS) is 12.0. The molecular formula is C32H66O2P-. The van der Waals surface area contributed by atoms with Crippen molar-refractivity contribution in [2.24, 2.45) is 0 Å². The van der Waals surface area contributed by atoms with Gasteiger partial charge in [0.2, 0.25) is 0 Å². The van der Waals surface area contributed by atoms with Gasteiger partial charge in [-0.15, -0.1) is 0 Å². The molecule has 0 amide bonds. The van der Waals surface area contributed by atoms with E-state index in [9.17, 15) is 9.46 Å². The van der Waals surface area contributed by atoms with Gasteiger partial charge in [-0.05, 0) is 25.2 Å². The van der Waals surface area contributed by atoms with Crippen LogP contribution in [0.1, 0.15) is 194 Å². The number of hydrogen-bond acceptors (Lipinski definition) is 2. The van der Waals surface area contributed by atoms with Crippen molar-refractivity contribution in [3.05, 3.63) is 0 Å². The standard InChI is InChI=1S/C32H67O2P/c1-3-5-7-9-11-13-15-17-19-21-23-25-27-29-31-35(33,34)32-30-28-26-24-22-20-18-16-14-12-10-8-6-4-2/h3-32H2,1-2H3,(H,33,34)/p-1. The van der Waals surface area contributed by atoms with E-state index in [-0.39, 0.29) is 0 Å². The zero-order valence-electron chi connectivity index (χ0n) is 24.5. The molecule has 0 radical (unpaired) electrons. The van der Waals surface area contributed by atoms with E-state index in [1.807, 2.05) is 0 Å². The zero-order chi connectivity index (χ0) is 25.7. The highest BCUT2D eigenvalue weighted by atomic mass is 31.2. The van der Waals surface area contributed by atoms with Crippen molar-refractivity contribution < 1.29 is 9.46 Å². The van der Waals surface area contributed by atoms with Crippen LogP contribution < -0.4 is 4.89 Å². The number of hydrogen-bond donors (Lipinski definition) is 0. The molecule has 0 saturated heterocycles. The first kappa shape index (κ1) is 35.2. The van der Waals surface area contributed by atoms with Crippen LogP contribution in [-0.4, -0.2) is 12.3 Å². The van der Waals surface area contributed by atoms with Crippen LogP contribution in [-0.2, 0) is 4.57 Å². The minimum Gasteiger partial charge on any atom is -0.799 e. The minimum absolute atomic E-state index is 0.448. The average Bonchev–Trinajstić information content (AvgIpc) is 2.84. The summed E-state index contributed by atoms with van der Waals surface area (Å²) in [6, 6.07) is 0. The first-order chi connectivity index (χ1) is 17.1. The topological polar surface area (TPSA) is 40.1 Å². The lowest BCUT2D eigenvalue weighted by molar-refractivity contribution is -0.175. The molecule has 0 saturated carbocycles. The quantitative estimate of drug-likeness (QED) is 0.0707. The third kappa shape index (κ3) is 30.3. The monoisotopic (exact) mass is 513 g/mol. The number of unbranched alkanes of at least 4 members (excludes halogenated alkanes) is 26. The van der Waals surface area contributed by atoms with Gasteiger partial charge in [0.15, 0.2) is 0 Å². The first-order valence-electron chi connectivity index (χ1n) is 16.4. The molecule has 0 aromatic heterocycles. The van der Waals surface area contributed by atoms with Crippen LogP contribution in [0.5, 0.6) is 0 Å². The Morgan fingerprint density at radius 3 is 0.714 bits per heavy atom. The molecule has 0 aromatic rings. The molecule has 35 heavy (non-hydrogen) atoms. The molecule has 0 rings (SSSR count). The molecule has 0 fully saturated rings. The third-order valence-corrected chi connectivity index (χ3v) is 9.70. The molecule has 3 heteroatoms. The van der Waals surface area contributed by atoms with Crippen LogP contribution in [0.2, 0.25) is 0 Å². The summed E-state index contributed by atoms with van der Waals surface area (Å²) in [5.41, 5.74) is 0. The average molecular weight is 514 g/mol. The van der Waals surface area contributed by atoms with Gasteiger partial charge in [-0.2, -0.15) is 0 Å². The molecule has 0 atom stereocenters. The van der Waals surface area contributed by atoms with E-state index < -0.39 is 7.37 Å². The molecule has 2 nitrogen and oxygen atoms in total. The third-order valence-electron chi connectivity index (χ3n) is 7.70. The Labute approximate surface area is 222 Å². The number of rotatable bonds is 30. The zero-order valence-corrected chi connectivity index (χ0v) is 25.4. The maximum absolute atomic E-state index is 12.3. The summed E-state index contributed by atoms with van der Waals surface area (Å²) in [4.78, 5) is 12.3. The van der Waals surface area contributed by atoms with Gasteiger partial charge in [0, 0.05) is 7.37 Å². The summed E-state index contributed by atoms with van der Waals surface area (Å²) in [5.74, 6) is 0. The minimum atomic E-state index is -3.11. The smallest absolute Gasteiger partial charge is 0.0148 e. The maximum Gasteiger partial charge on any atom is 0.0148 e. The van der Waals surface area contributed by atoms with E-state index in [0.29, 0.717) is 12.3 Å². The maximum atomic E-state index is 12.3. The van der Waals surface area contributed by atoms with Crippen LogP contribution in [0.15, 0.2) is 0 Å². The van der Waals surface area contributed by atoms with Crippen LogP contribution in [0.3, 0.4) is 0 Å². The summed E-state index contributed by atoms with van der Waals surface area (Å²) in [6.07, 6.45) is 37.8. The van der Waals surface area contributed by atoms with Crippen molar-refractivity contribution >= 4 is 7.37 Å². The summed E-state index contributed by atoms with van der Waals surface area (Å²) < 4.78 is 12.3. The molecule has 0 spiro atoms. The molecular weight excluding hydrogens is 447 g/mol. The predicted octanol–water partition coefficient (Wildman–Crippen LogP) is 11.6. The Bertz CT molecular complexity index is 401. The summed E-state index contributed by atoms with van der Waals surface area (Å²) in [6.45, 7) is 4.56. The van der Waals surface area contributed by atoms with E-state index in [0.717, 1.165) is 25.7 Å². The van der Waals surface area contributed by atoms with Crippen molar-refractivity contribution in [1.82, 2.24) is 0 Å². The second-order valence-electron chi connectivity index (χ2n) is 11.5. The lowest BCUT2D eigenvalue weighted by Crippen LogP contribution is -2.09. The summed E-state index contributed by atoms with van der Waals surface area (Å²) >= 11 is 0. The molecule has 0 aliphatic heterocycles. The van der Waals surface area contributed by atoms with Crippen LogP contribution in [0.4, 0.5) is 0 Å². The summed E-state index contributed by atoms with van der Waals surface area (Å²) in [7, 11) is -3.11. The lowest BCUT2D eigenvalue weighted by atomic mass is 10.0. The fourth-order valence-corrected chi connectivity index (χ4v) is 6.84. The first-order valence-corrected chi connectivity index (χ1v) is 18.4. The largest absolute Gasteiger partial charge is 0.799 e. The molecule has 212 valence electrons. The SMILES string of the molecule is CCCCCCCCCCCCCCCCP(=O)([O-])CCCCCCCCCCCCCCCC. The molecule has 0 bridgehead atoms. The molecule has 0 N–H and O–H groups in total. The fourth-order valence-electron chi connectivity index (χ4n) is 5.21. The molecule has 0 unspecified atom stereocenters. The van der Waals surface area contributed by atoms with Gasteiger partial charge in [-0.25, -0.2) is 0 Å². The van der Waals surface area contributed by atoms with Gasteiger partial charge in [0.1, 0.15) is 0 Å². The van der Waals surface area contributed by atoms with Crippen molar-refractivity contribution in [2.45, 2.75) is 194 Å². The Kier molecular flexibility index (Phi) is 28.9. The highest BCUT2D eigenvalue weighted by Crippen LogP contribution is 2.38. The van der Waals surface area contributed by atoms with Crippen LogP contribution in [0.25, 0.3) is 0 Å². The van der Waals surface area contributed by atoms with E-state index in [4.69, 9.17) is 0 Å². The highest BCUT2D eigenvalue weighted by molar-refractivity contribution is 7.56. The highest BCUT2D eigenvalue weighted by Gasteiger charge is 2.07. The molecule has 0 aromatic carbocycles. The van der Waals surface area contributed by atoms with Gasteiger partial charge in [-0.1, -0.05) is 181 Å². The molecule has 0 heterocycles. The Hall–Kier alpha value is 0.190.